The van der Waals surface area contributed by atoms with E-state index in [0.717, 1.165) is 25.9 Å². The van der Waals surface area contributed by atoms with Crippen molar-refractivity contribution in [3.05, 3.63) is 30.1 Å². The predicted molar refractivity (Wildman–Crippen MR) is 82.8 cm³/mol. The molecule has 0 bridgehead atoms. The Balaban J connectivity index is 0.00000200. The van der Waals surface area contributed by atoms with Gasteiger partial charge in [-0.2, -0.15) is 0 Å². The highest BCUT2D eigenvalue weighted by Gasteiger charge is 2.20. The zero-order valence-electron chi connectivity index (χ0n) is 11.3. The van der Waals surface area contributed by atoms with Crippen molar-refractivity contribution in [3.8, 4) is 0 Å². The molecule has 20 heavy (non-hydrogen) atoms. The number of amides is 1. The van der Waals surface area contributed by atoms with Crippen molar-refractivity contribution in [2.75, 3.05) is 18.8 Å². The van der Waals surface area contributed by atoms with Crippen molar-refractivity contribution < 1.29 is 9.18 Å². The van der Waals surface area contributed by atoms with E-state index >= 15 is 0 Å². The van der Waals surface area contributed by atoms with Gasteiger partial charge in [-0.15, -0.1) is 24.2 Å². The third-order valence-corrected chi connectivity index (χ3v) is 4.35. The number of likely N-dealkylation sites (tertiary alicyclic amines) is 1. The molecule has 1 aromatic rings. The molecule has 1 heterocycles. The minimum atomic E-state index is -0.219. The summed E-state index contributed by atoms with van der Waals surface area (Å²) in [4.78, 5) is 14.4. The second-order valence-electron chi connectivity index (χ2n) is 4.75. The van der Waals surface area contributed by atoms with E-state index in [4.69, 9.17) is 5.73 Å². The van der Waals surface area contributed by atoms with E-state index in [-0.39, 0.29) is 30.2 Å². The van der Waals surface area contributed by atoms with Crippen molar-refractivity contribution in [2.45, 2.75) is 30.2 Å². The van der Waals surface area contributed by atoms with Gasteiger partial charge >= 0.3 is 0 Å². The molecule has 3 nitrogen and oxygen atoms in total. The van der Waals surface area contributed by atoms with Crippen molar-refractivity contribution in [1.29, 1.82) is 0 Å². The van der Waals surface area contributed by atoms with Crippen LogP contribution in [0, 0.1) is 5.82 Å². The molecule has 2 rings (SSSR count). The highest BCUT2D eigenvalue weighted by atomic mass is 35.5. The molecule has 0 aromatic heterocycles. The van der Waals surface area contributed by atoms with Crippen molar-refractivity contribution in [1.82, 2.24) is 4.90 Å². The first-order valence-corrected chi connectivity index (χ1v) is 7.56. The lowest BCUT2D eigenvalue weighted by molar-refractivity contribution is -0.131. The molecule has 0 aliphatic carbocycles. The van der Waals surface area contributed by atoms with Gasteiger partial charge in [0.2, 0.25) is 5.91 Å². The first-order chi connectivity index (χ1) is 9.16. The van der Waals surface area contributed by atoms with Gasteiger partial charge in [-0.3, -0.25) is 4.79 Å². The van der Waals surface area contributed by atoms with Gasteiger partial charge < -0.3 is 10.6 Å². The fourth-order valence-electron chi connectivity index (χ4n) is 2.12. The summed E-state index contributed by atoms with van der Waals surface area (Å²) in [5, 5.41) is 0. The summed E-state index contributed by atoms with van der Waals surface area (Å²) < 4.78 is 13.4. The second kappa shape index (κ2) is 8.49. The summed E-state index contributed by atoms with van der Waals surface area (Å²) in [6.45, 7) is 1.51. The molecule has 0 unspecified atom stereocenters. The van der Waals surface area contributed by atoms with Gasteiger partial charge in [0.05, 0.1) is 0 Å². The first-order valence-electron chi connectivity index (χ1n) is 6.57. The first kappa shape index (κ1) is 17.3. The summed E-state index contributed by atoms with van der Waals surface area (Å²) >= 11 is 1.39. The van der Waals surface area contributed by atoms with Gasteiger partial charge in [0, 0.05) is 36.2 Å². The van der Waals surface area contributed by atoms with Gasteiger partial charge in [-0.1, -0.05) is 12.1 Å². The minimum Gasteiger partial charge on any atom is -0.343 e. The second-order valence-corrected chi connectivity index (χ2v) is 5.88. The maximum atomic E-state index is 13.4. The molecular weight excluding hydrogens is 299 g/mol. The third kappa shape index (κ3) is 4.96. The quantitative estimate of drug-likeness (QED) is 0.868. The number of carbonyl (C=O) groups is 1. The van der Waals surface area contributed by atoms with Gasteiger partial charge in [0.25, 0.3) is 0 Å². The van der Waals surface area contributed by atoms with Crippen LogP contribution in [0.25, 0.3) is 0 Å². The number of rotatable bonds is 4. The molecule has 1 aliphatic heterocycles. The predicted octanol–water partition coefficient (Wildman–Crippen LogP) is 2.68. The standard InChI is InChI=1S/C14H19FN2OS.ClH/c15-12-3-1-2-4-13(12)19-10-7-14(18)17-8-5-11(16)6-9-17;/h1-4,11H,5-10,16H2;1H. The smallest absolute Gasteiger partial charge is 0.223 e. The Morgan fingerprint density at radius 1 is 1.35 bits per heavy atom. The van der Waals surface area contributed by atoms with E-state index in [2.05, 4.69) is 0 Å². The van der Waals surface area contributed by atoms with Crippen molar-refractivity contribution in [3.63, 3.8) is 0 Å². The molecule has 6 heteroatoms. The van der Waals surface area contributed by atoms with Crippen molar-refractivity contribution >= 4 is 30.1 Å². The van der Waals surface area contributed by atoms with Crippen molar-refractivity contribution in [2.24, 2.45) is 5.73 Å². The molecule has 0 saturated carbocycles. The molecule has 0 spiro atoms. The number of hydrogen-bond acceptors (Lipinski definition) is 3. The van der Waals surface area contributed by atoms with E-state index in [1.165, 1.54) is 17.8 Å². The number of halogens is 2. The Morgan fingerprint density at radius 2 is 2.00 bits per heavy atom. The minimum absolute atomic E-state index is 0. The number of benzene rings is 1. The van der Waals surface area contributed by atoms with Gasteiger partial charge in [0.1, 0.15) is 5.82 Å². The lowest BCUT2D eigenvalue weighted by atomic mass is 10.1. The van der Waals surface area contributed by atoms with E-state index in [1.807, 2.05) is 4.90 Å². The van der Waals surface area contributed by atoms with Crippen LogP contribution in [0.15, 0.2) is 29.2 Å². The van der Waals surface area contributed by atoms with Gasteiger partial charge in [-0.25, -0.2) is 4.39 Å². The summed E-state index contributed by atoms with van der Waals surface area (Å²) in [6.07, 6.45) is 2.21. The van der Waals surface area contributed by atoms with Gasteiger partial charge in [-0.05, 0) is 25.0 Å². The molecule has 1 aromatic carbocycles. The van der Waals surface area contributed by atoms with Crippen LogP contribution < -0.4 is 5.73 Å². The maximum absolute atomic E-state index is 13.4. The van der Waals surface area contributed by atoms with Crippen LogP contribution in [-0.2, 0) is 4.79 Å². The highest BCUT2D eigenvalue weighted by Crippen LogP contribution is 2.22. The summed E-state index contributed by atoms with van der Waals surface area (Å²) in [7, 11) is 0. The average Bonchev–Trinajstić information content (AvgIpc) is 2.41. The van der Waals surface area contributed by atoms with E-state index in [9.17, 15) is 9.18 Å². The highest BCUT2D eigenvalue weighted by molar-refractivity contribution is 7.99. The van der Waals surface area contributed by atoms with E-state index in [1.54, 1.807) is 18.2 Å². The Kier molecular flexibility index (Phi) is 7.34. The molecular formula is C14H20ClFN2OS. The topological polar surface area (TPSA) is 46.3 Å². The number of nitrogens with two attached hydrogens (primary N) is 1. The lowest BCUT2D eigenvalue weighted by Crippen LogP contribution is -2.42. The molecule has 2 N–H and O–H groups in total. The number of carbonyl (C=O) groups excluding carboxylic acids is 1. The van der Waals surface area contributed by atoms with E-state index < -0.39 is 0 Å². The number of nitrogens with zero attached hydrogens (tertiary/aromatic N) is 1. The normalized spacial score (nSPS) is 15.8. The fraction of sp³-hybridized carbons (Fsp3) is 0.500. The maximum Gasteiger partial charge on any atom is 0.223 e. The Hall–Kier alpha value is -0.780. The largest absolute Gasteiger partial charge is 0.343 e. The lowest BCUT2D eigenvalue weighted by Gasteiger charge is -2.30. The summed E-state index contributed by atoms with van der Waals surface area (Å²) in [6, 6.07) is 6.89. The number of piperidine rings is 1. The fourth-order valence-corrected chi connectivity index (χ4v) is 2.99. The molecule has 1 saturated heterocycles. The van der Waals surface area contributed by atoms with Crippen LogP contribution in [0.5, 0.6) is 0 Å². The number of thioether (sulfide) groups is 1. The van der Waals surface area contributed by atoms with Crippen LogP contribution in [0.4, 0.5) is 4.39 Å². The third-order valence-electron chi connectivity index (χ3n) is 3.30. The molecule has 1 amide bonds. The average molecular weight is 319 g/mol. The SMILES string of the molecule is Cl.NC1CCN(C(=O)CCSc2ccccc2F)CC1. The molecule has 0 radical (unpaired) electrons. The monoisotopic (exact) mass is 318 g/mol. The van der Waals surface area contributed by atoms with Crippen LogP contribution >= 0.6 is 24.2 Å². The van der Waals surface area contributed by atoms with E-state index in [0.29, 0.717) is 17.1 Å². The van der Waals surface area contributed by atoms with Gasteiger partial charge in [0.15, 0.2) is 0 Å². The van der Waals surface area contributed by atoms with Crippen LogP contribution in [0.3, 0.4) is 0 Å². The molecule has 1 fully saturated rings. The Labute approximate surface area is 129 Å². The zero-order valence-corrected chi connectivity index (χ0v) is 12.9. The Bertz CT molecular complexity index is 439. The van der Waals surface area contributed by atoms with Crippen LogP contribution in [0.2, 0.25) is 0 Å². The zero-order chi connectivity index (χ0) is 13.7. The molecule has 0 atom stereocenters. The summed E-state index contributed by atoms with van der Waals surface area (Å²) in [5.74, 6) is 0.544. The molecule has 112 valence electrons. The number of hydrogen-bond donors (Lipinski definition) is 1. The molecule has 1 aliphatic rings. The summed E-state index contributed by atoms with van der Waals surface area (Å²) in [5.41, 5.74) is 5.81. The van der Waals surface area contributed by atoms with Crippen LogP contribution in [-0.4, -0.2) is 35.7 Å². The Morgan fingerprint density at radius 3 is 2.65 bits per heavy atom. The van der Waals surface area contributed by atoms with Crippen LogP contribution in [0.1, 0.15) is 19.3 Å².